The van der Waals surface area contributed by atoms with E-state index in [0.29, 0.717) is 0 Å². The number of hydrogen-bond acceptors (Lipinski definition) is 6. The number of ether oxygens (including phenoxy) is 2. The van der Waals surface area contributed by atoms with Crippen LogP contribution in [-0.2, 0) is 19.1 Å². The van der Waals surface area contributed by atoms with Crippen LogP contribution in [0, 0.1) is 0 Å². The van der Waals surface area contributed by atoms with Crippen molar-refractivity contribution >= 4 is 18.0 Å². The maximum absolute atomic E-state index is 11.3. The Morgan fingerprint density at radius 2 is 1.45 bits per heavy atom. The average Bonchev–Trinajstić information content (AvgIpc) is 2.71. The highest BCUT2D eigenvalue weighted by atomic mass is 16.6. The number of carboxylic acids is 1. The maximum Gasteiger partial charge on any atom is 0.408 e. The van der Waals surface area contributed by atoms with Gasteiger partial charge in [0.1, 0.15) is 5.60 Å². The summed E-state index contributed by atoms with van der Waals surface area (Å²) >= 11 is 0. The van der Waals surface area contributed by atoms with Gasteiger partial charge in [0.2, 0.25) is 0 Å². The summed E-state index contributed by atoms with van der Waals surface area (Å²) in [6.45, 7) is 4.94. The van der Waals surface area contributed by atoms with Gasteiger partial charge in [0.15, 0.2) is 0 Å². The molecule has 2 rings (SSSR count). The van der Waals surface area contributed by atoms with Crippen molar-refractivity contribution in [1.82, 2.24) is 5.32 Å². The summed E-state index contributed by atoms with van der Waals surface area (Å²) < 4.78 is 9.26. The molecule has 2 saturated carbocycles. The zero-order valence-corrected chi connectivity index (χ0v) is 19.7. The van der Waals surface area contributed by atoms with Crippen molar-refractivity contribution in [2.75, 3.05) is 7.11 Å². The Balaban J connectivity index is 0.000000323. The van der Waals surface area contributed by atoms with E-state index in [-0.39, 0.29) is 12.8 Å². The Morgan fingerprint density at radius 1 is 0.968 bits per heavy atom. The van der Waals surface area contributed by atoms with Crippen LogP contribution in [0.1, 0.15) is 97.8 Å². The summed E-state index contributed by atoms with van der Waals surface area (Å²) in [4.78, 5) is 33.0. The minimum Gasteiger partial charge on any atom is -0.548 e. The summed E-state index contributed by atoms with van der Waals surface area (Å²) in [5, 5.41) is 15.6. The Bertz CT molecular complexity index is 533. The van der Waals surface area contributed by atoms with E-state index >= 15 is 0 Å². The van der Waals surface area contributed by atoms with Gasteiger partial charge in [-0.25, -0.2) is 4.79 Å². The maximum atomic E-state index is 11.3. The van der Waals surface area contributed by atoms with E-state index in [1.165, 1.54) is 71.3 Å². The largest absolute Gasteiger partial charge is 0.548 e. The van der Waals surface area contributed by atoms with Crippen LogP contribution >= 0.6 is 0 Å². The predicted molar refractivity (Wildman–Crippen MR) is 115 cm³/mol. The van der Waals surface area contributed by atoms with Crippen LogP contribution in [0.15, 0.2) is 0 Å². The van der Waals surface area contributed by atoms with Crippen LogP contribution in [0.4, 0.5) is 4.79 Å². The van der Waals surface area contributed by atoms with Gasteiger partial charge in [-0.15, -0.1) is 0 Å². The normalized spacial score (nSPS) is 18.8. The van der Waals surface area contributed by atoms with Crippen molar-refractivity contribution in [3.63, 3.8) is 0 Å². The number of amides is 1. The van der Waals surface area contributed by atoms with Crippen LogP contribution in [0.5, 0.6) is 0 Å². The molecule has 0 aliphatic heterocycles. The zero-order valence-electron chi connectivity index (χ0n) is 19.7. The number of carboxylic acid groups (broad SMARTS) is 1. The van der Waals surface area contributed by atoms with Gasteiger partial charge in [0.25, 0.3) is 0 Å². The third-order valence-electron chi connectivity index (χ3n) is 5.68. The lowest BCUT2D eigenvalue weighted by Gasteiger charge is -2.27. The molecule has 1 unspecified atom stereocenters. The Kier molecular flexibility index (Phi) is 12.5. The highest BCUT2D eigenvalue weighted by molar-refractivity contribution is 5.79. The van der Waals surface area contributed by atoms with E-state index in [0.717, 1.165) is 12.1 Å². The molecule has 0 bridgehead atoms. The van der Waals surface area contributed by atoms with E-state index in [2.05, 4.69) is 15.4 Å². The number of hydrogen-bond donors (Lipinski definition) is 2. The lowest BCUT2D eigenvalue weighted by Crippen LogP contribution is -2.95. The molecule has 0 saturated heterocycles. The minimum absolute atomic E-state index is 0.117. The molecular weight excluding hydrogens is 400 g/mol. The first-order valence-corrected chi connectivity index (χ1v) is 11.7. The molecule has 8 nitrogen and oxygen atoms in total. The van der Waals surface area contributed by atoms with Crippen molar-refractivity contribution < 1.29 is 34.3 Å². The summed E-state index contributed by atoms with van der Waals surface area (Å²) in [5.74, 6) is -2.04. The highest BCUT2D eigenvalue weighted by Crippen LogP contribution is 2.18. The molecule has 0 radical (unpaired) electrons. The van der Waals surface area contributed by atoms with Crippen LogP contribution in [-0.4, -0.2) is 48.9 Å². The number of carbonyl (C=O) groups excluding carboxylic acids is 3. The average molecular weight is 443 g/mol. The molecule has 0 spiro atoms. The van der Waals surface area contributed by atoms with Crippen molar-refractivity contribution in [2.24, 2.45) is 0 Å². The Labute approximate surface area is 186 Å². The third-order valence-corrected chi connectivity index (χ3v) is 5.68. The number of esters is 1. The summed E-state index contributed by atoms with van der Waals surface area (Å²) in [6.07, 6.45) is 13.8. The first-order chi connectivity index (χ1) is 14.6. The van der Waals surface area contributed by atoms with Crippen LogP contribution in [0.2, 0.25) is 0 Å². The number of alkyl carbamates (subject to hydrolysis) is 1. The van der Waals surface area contributed by atoms with E-state index in [9.17, 15) is 19.5 Å². The number of methoxy groups -OCH3 is 1. The van der Waals surface area contributed by atoms with Gasteiger partial charge < -0.3 is 30.0 Å². The van der Waals surface area contributed by atoms with Gasteiger partial charge in [-0.3, -0.25) is 4.79 Å². The van der Waals surface area contributed by atoms with Gasteiger partial charge in [-0.1, -0.05) is 12.8 Å². The number of carbonyl (C=O) groups is 3. The number of nitrogens with one attached hydrogen (secondary N) is 1. The molecule has 0 heterocycles. The Hall–Kier alpha value is -1.83. The van der Waals surface area contributed by atoms with Gasteiger partial charge >= 0.3 is 12.1 Å². The third kappa shape index (κ3) is 13.2. The first-order valence-electron chi connectivity index (χ1n) is 11.7. The molecule has 1 atom stereocenters. The molecule has 0 aromatic rings. The number of quaternary nitrogens is 1. The van der Waals surface area contributed by atoms with Crippen molar-refractivity contribution in [1.29, 1.82) is 0 Å². The molecule has 2 aliphatic carbocycles. The molecule has 0 aromatic carbocycles. The quantitative estimate of drug-likeness (QED) is 0.580. The Morgan fingerprint density at radius 3 is 1.84 bits per heavy atom. The predicted octanol–water partition coefficient (Wildman–Crippen LogP) is 1.80. The van der Waals surface area contributed by atoms with Crippen molar-refractivity contribution in [3.8, 4) is 0 Å². The van der Waals surface area contributed by atoms with Gasteiger partial charge in [0, 0.05) is 6.42 Å². The monoisotopic (exact) mass is 442 g/mol. The SMILES string of the molecule is C1CCC([NH2+]C2CCCCC2)CC1.COC(=O)CCC(NC(=O)OC(C)(C)C)C(=O)[O-]. The minimum atomic E-state index is -1.48. The smallest absolute Gasteiger partial charge is 0.408 e. The van der Waals surface area contributed by atoms with E-state index in [1.807, 2.05) is 0 Å². The van der Waals surface area contributed by atoms with Gasteiger partial charge in [0.05, 0.1) is 31.2 Å². The fourth-order valence-corrected chi connectivity index (χ4v) is 4.10. The summed E-state index contributed by atoms with van der Waals surface area (Å²) in [7, 11) is 1.19. The molecule has 3 N–H and O–H groups in total. The zero-order chi connectivity index (χ0) is 23.3. The molecule has 31 heavy (non-hydrogen) atoms. The lowest BCUT2D eigenvalue weighted by atomic mass is 9.91. The molecular formula is C23H42N2O6. The summed E-state index contributed by atoms with van der Waals surface area (Å²) in [6, 6.07) is 0.702. The van der Waals surface area contributed by atoms with Crippen LogP contribution in [0.25, 0.3) is 0 Å². The van der Waals surface area contributed by atoms with Crippen LogP contribution < -0.4 is 15.7 Å². The van der Waals surface area contributed by atoms with Crippen LogP contribution in [0.3, 0.4) is 0 Å². The molecule has 0 aromatic heterocycles. The second kappa shape index (κ2) is 14.3. The molecule has 8 heteroatoms. The number of aliphatic carboxylic acids is 1. The molecule has 180 valence electrons. The van der Waals surface area contributed by atoms with E-state index in [1.54, 1.807) is 20.8 Å². The number of rotatable bonds is 7. The fourth-order valence-electron chi connectivity index (χ4n) is 4.10. The lowest BCUT2D eigenvalue weighted by molar-refractivity contribution is -0.725. The van der Waals surface area contributed by atoms with Gasteiger partial charge in [-0.05, 0) is 78.6 Å². The molecule has 2 aliphatic rings. The standard InChI is InChI=1S/C12H23N.C11H19NO6/c1-3-7-11(8-4-1)13-12-9-5-2-6-10-12;1-11(2,3)18-10(16)12-7(9(14)15)5-6-8(13)17-4/h11-13H,1-10H2;7H,5-6H2,1-4H3,(H,12,16)(H,14,15). The van der Waals surface area contributed by atoms with E-state index < -0.39 is 29.7 Å². The molecule has 2 fully saturated rings. The van der Waals surface area contributed by atoms with Gasteiger partial charge in [-0.2, -0.15) is 0 Å². The number of nitrogens with two attached hydrogens (primary N) is 1. The van der Waals surface area contributed by atoms with Crippen molar-refractivity contribution in [3.05, 3.63) is 0 Å². The second-order valence-electron chi connectivity index (χ2n) is 9.62. The first kappa shape index (κ1) is 27.2. The summed E-state index contributed by atoms with van der Waals surface area (Å²) in [5.41, 5.74) is -0.733. The second-order valence-corrected chi connectivity index (χ2v) is 9.62. The van der Waals surface area contributed by atoms with E-state index in [4.69, 9.17) is 4.74 Å². The topological polar surface area (TPSA) is 121 Å². The fraction of sp³-hybridized carbons (Fsp3) is 0.870. The highest BCUT2D eigenvalue weighted by Gasteiger charge is 2.23. The molecule has 1 amide bonds. The van der Waals surface area contributed by atoms with Crippen molar-refractivity contribution in [2.45, 2.75) is 122 Å².